The monoisotopic (exact) mass is 336 g/mol. The van der Waals surface area contributed by atoms with Gasteiger partial charge in [0.2, 0.25) is 10.0 Å². The average molecular weight is 336 g/mol. The highest BCUT2D eigenvalue weighted by molar-refractivity contribution is 7.91. The second kappa shape index (κ2) is 5.56. The Kier molecular flexibility index (Phi) is 4.74. The van der Waals surface area contributed by atoms with E-state index in [0.717, 1.165) is 16.6 Å². The molecule has 0 aromatic heterocycles. The van der Waals surface area contributed by atoms with E-state index in [9.17, 15) is 21.9 Å². The zero-order valence-electron chi connectivity index (χ0n) is 12.4. The lowest BCUT2D eigenvalue weighted by atomic mass is 10.1. The predicted octanol–water partition coefficient (Wildman–Crippen LogP) is 0.0637. The van der Waals surface area contributed by atoms with Gasteiger partial charge in [-0.15, -0.1) is 0 Å². The summed E-state index contributed by atoms with van der Waals surface area (Å²) in [5, 5.41) is 9.29. The van der Waals surface area contributed by atoms with E-state index in [0.29, 0.717) is 0 Å². The fourth-order valence-corrected chi connectivity index (χ4v) is 3.91. The van der Waals surface area contributed by atoms with Crippen LogP contribution in [0.3, 0.4) is 0 Å². The van der Waals surface area contributed by atoms with Crippen LogP contribution in [0.5, 0.6) is 0 Å². The number of benzene rings is 1. The third-order valence-electron chi connectivity index (χ3n) is 3.29. The standard InChI is InChI=1S/C12H20N2O5S2/c1-12(2,8-15)14(3)21(18,19)11-7-9(20(4,16)17)5-6-10(11)13/h5-7,15H,8,13H2,1-4H3. The van der Waals surface area contributed by atoms with Crippen LogP contribution in [0.2, 0.25) is 0 Å². The van der Waals surface area contributed by atoms with Crippen LogP contribution in [0.15, 0.2) is 28.0 Å². The van der Waals surface area contributed by atoms with Gasteiger partial charge >= 0.3 is 0 Å². The van der Waals surface area contributed by atoms with Crippen LogP contribution in [0.4, 0.5) is 5.69 Å². The molecule has 0 unspecified atom stereocenters. The molecule has 0 saturated carbocycles. The van der Waals surface area contributed by atoms with Crippen molar-refractivity contribution in [3.05, 3.63) is 18.2 Å². The van der Waals surface area contributed by atoms with Crippen LogP contribution in [0, 0.1) is 0 Å². The largest absolute Gasteiger partial charge is 0.398 e. The summed E-state index contributed by atoms with van der Waals surface area (Å²) in [6, 6.07) is 3.52. The van der Waals surface area contributed by atoms with Gasteiger partial charge in [0.05, 0.1) is 22.7 Å². The van der Waals surface area contributed by atoms with Gasteiger partial charge in [0.1, 0.15) is 4.90 Å². The van der Waals surface area contributed by atoms with Crippen molar-refractivity contribution in [1.29, 1.82) is 0 Å². The molecule has 21 heavy (non-hydrogen) atoms. The Bertz CT molecular complexity index is 739. The minimum Gasteiger partial charge on any atom is -0.398 e. The molecule has 1 aromatic carbocycles. The lowest BCUT2D eigenvalue weighted by molar-refractivity contribution is 0.138. The Hall–Kier alpha value is -1.16. The van der Waals surface area contributed by atoms with Gasteiger partial charge < -0.3 is 10.8 Å². The number of sulfone groups is 1. The molecule has 0 radical (unpaired) electrons. The highest BCUT2D eigenvalue weighted by Gasteiger charge is 2.35. The number of likely N-dealkylation sites (N-methyl/N-ethyl adjacent to an activating group) is 1. The summed E-state index contributed by atoms with van der Waals surface area (Å²) in [6.07, 6.45) is 0.982. The molecule has 0 heterocycles. The molecule has 1 rings (SSSR count). The van der Waals surface area contributed by atoms with E-state index in [-0.39, 0.29) is 15.5 Å². The minimum atomic E-state index is -4.04. The summed E-state index contributed by atoms with van der Waals surface area (Å²) in [5.74, 6) is 0. The second-order valence-electron chi connectivity index (χ2n) is 5.41. The molecule has 0 spiro atoms. The first-order valence-electron chi connectivity index (χ1n) is 6.03. The van der Waals surface area contributed by atoms with Crippen molar-refractivity contribution < 1.29 is 21.9 Å². The second-order valence-corrected chi connectivity index (χ2v) is 9.37. The van der Waals surface area contributed by atoms with E-state index in [2.05, 4.69) is 0 Å². The lowest BCUT2D eigenvalue weighted by Gasteiger charge is -2.33. The Morgan fingerprint density at radius 3 is 2.19 bits per heavy atom. The Labute approximate surface area is 125 Å². The topological polar surface area (TPSA) is 118 Å². The molecule has 0 aliphatic rings. The number of nitrogens with two attached hydrogens (primary N) is 1. The molecule has 0 saturated heterocycles. The molecule has 0 amide bonds. The molecule has 120 valence electrons. The first kappa shape index (κ1) is 17.9. The zero-order valence-corrected chi connectivity index (χ0v) is 14.0. The minimum absolute atomic E-state index is 0.0528. The van der Waals surface area contributed by atoms with Crippen LogP contribution in [-0.4, -0.2) is 51.7 Å². The lowest BCUT2D eigenvalue weighted by Crippen LogP contribution is -2.47. The Morgan fingerprint density at radius 2 is 1.76 bits per heavy atom. The molecule has 0 atom stereocenters. The number of aliphatic hydroxyl groups is 1. The van der Waals surface area contributed by atoms with Crippen molar-refractivity contribution >= 4 is 25.5 Å². The summed E-state index contributed by atoms with van der Waals surface area (Å²) in [7, 11) is -6.29. The van der Waals surface area contributed by atoms with Gasteiger partial charge in [-0.05, 0) is 32.0 Å². The molecule has 7 nitrogen and oxygen atoms in total. The van der Waals surface area contributed by atoms with Crippen LogP contribution < -0.4 is 5.73 Å². The van der Waals surface area contributed by atoms with E-state index in [1.165, 1.54) is 19.2 Å². The number of sulfonamides is 1. The van der Waals surface area contributed by atoms with E-state index >= 15 is 0 Å². The predicted molar refractivity (Wildman–Crippen MR) is 80.1 cm³/mol. The van der Waals surface area contributed by atoms with Crippen molar-refractivity contribution in [3.63, 3.8) is 0 Å². The number of anilines is 1. The number of nitrogens with zero attached hydrogens (tertiary/aromatic N) is 1. The molecule has 9 heteroatoms. The maximum atomic E-state index is 12.6. The van der Waals surface area contributed by atoms with E-state index in [1.807, 2.05) is 0 Å². The van der Waals surface area contributed by atoms with Gasteiger partial charge in [-0.1, -0.05) is 0 Å². The van der Waals surface area contributed by atoms with E-state index in [4.69, 9.17) is 5.73 Å². The van der Waals surface area contributed by atoms with Gasteiger partial charge in [-0.25, -0.2) is 16.8 Å². The normalized spacial score (nSPS) is 13.6. The van der Waals surface area contributed by atoms with Crippen molar-refractivity contribution in [2.45, 2.75) is 29.2 Å². The van der Waals surface area contributed by atoms with Gasteiger partial charge in [-0.3, -0.25) is 0 Å². The Morgan fingerprint density at radius 1 is 1.24 bits per heavy atom. The van der Waals surface area contributed by atoms with Crippen LogP contribution >= 0.6 is 0 Å². The molecule has 0 bridgehead atoms. The molecular formula is C12H20N2O5S2. The maximum absolute atomic E-state index is 12.6. The SMILES string of the molecule is CN(C(C)(C)CO)S(=O)(=O)c1cc(S(C)(=O)=O)ccc1N. The van der Waals surface area contributed by atoms with Gasteiger partial charge in [0.25, 0.3) is 0 Å². The first-order chi connectivity index (χ1) is 9.34. The number of hydrogen-bond acceptors (Lipinski definition) is 6. The summed E-state index contributed by atoms with van der Waals surface area (Å²) in [6.45, 7) is 2.69. The fourth-order valence-electron chi connectivity index (χ4n) is 1.54. The summed E-state index contributed by atoms with van der Waals surface area (Å²) < 4.78 is 49.2. The smallest absolute Gasteiger partial charge is 0.245 e. The number of rotatable bonds is 5. The van der Waals surface area contributed by atoms with Crippen LogP contribution in [-0.2, 0) is 19.9 Å². The van der Waals surface area contributed by atoms with Crippen molar-refractivity contribution in [2.24, 2.45) is 0 Å². The number of nitrogen functional groups attached to an aromatic ring is 1. The quantitative estimate of drug-likeness (QED) is 0.734. The number of hydrogen-bond donors (Lipinski definition) is 2. The van der Waals surface area contributed by atoms with Crippen LogP contribution in [0.25, 0.3) is 0 Å². The number of aliphatic hydroxyl groups excluding tert-OH is 1. The maximum Gasteiger partial charge on any atom is 0.245 e. The molecule has 0 aliphatic carbocycles. The molecule has 0 fully saturated rings. The van der Waals surface area contributed by atoms with E-state index in [1.54, 1.807) is 13.8 Å². The molecule has 1 aromatic rings. The highest BCUT2D eigenvalue weighted by atomic mass is 32.2. The first-order valence-corrected chi connectivity index (χ1v) is 9.36. The summed E-state index contributed by atoms with van der Waals surface area (Å²) in [5.41, 5.74) is 4.58. The van der Waals surface area contributed by atoms with Crippen LogP contribution in [0.1, 0.15) is 13.8 Å². The molecule has 0 aliphatic heterocycles. The average Bonchev–Trinajstić information content (AvgIpc) is 2.36. The van der Waals surface area contributed by atoms with Gasteiger partial charge in [0, 0.05) is 13.3 Å². The van der Waals surface area contributed by atoms with Crippen molar-refractivity contribution in [2.75, 3.05) is 25.6 Å². The fraction of sp³-hybridized carbons (Fsp3) is 0.500. The van der Waals surface area contributed by atoms with Gasteiger partial charge in [0.15, 0.2) is 9.84 Å². The zero-order chi connectivity index (χ0) is 16.6. The Balaban J connectivity index is 3.53. The molecular weight excluding hydrogens is 316 g/mol. The summed E-state index contributed by atoms with van der Waals surface area (Å²) >= 11 is 0. The van der Waals surface area contributed by atoms with Gasteiger partial charge in [-0.2, -0.15) is 4.31 Å². The third kappa shape index (κ3) is 3.54. The van der Waals surface area contributed by atoms with Crippen molar-refractivity contribution in [3.8, 4) is 0 Å². The third-order valence-corrected chi connectivity index (χ3v) is 6.53. The highest BCUT2D eigenvalue weighted by Crippen LogP contribution is 2.28. The van der Waals surface area contributed by atoms with E-state index < -0.39 is 32.0 Å². The summed E-state index contributed by atoms with van der Waals surface area (Å²) in [4.78, 5) is -0.431. The molecule has 3 N–H and O–H groups in total. The van der Waals surface area contributed by atoms with Crippen molar-refractivity contribution in [1.82, 2.24) is 4.31 Å².